The van der Waals surface area contributed by atoms with Crippen LogP contribution in [0.1, 0.15) is 71.3 Å². The van der Waals surface area contributed by atoms with Gasteiger partial charge in [0.15, 0.2) is 5.82 Å². The number of pyridine rings is 1. The molecule has 10 rings (SSSR count). The number of benzene rings is 3. The average molecular weight is 908 g/mol. The van der Waals surface area contributed by atoms with Crippen LogP contribution in [0.5, 0.6) is 0 Å². The van der Waals surface area contributed by atoms with E-state index >= 15 is 8.78 Å². The number of carbonyl (C=O) groups is 1. The predicted octanol–water partition coefficient (Wildman–Crippen LogP) is 8.64. The molecule has 0 saturated heterocycles. The average Bonchev–Trinajstić information content (AvgIpc) is 4.14. The summed E-state index contributed by atoms with van der Waals surface area (Å²) < 4.78 is 118. The lowest BCUT2D eigenvalue weighted by Gasteiger charge is -2.36. The van der Waals surface area contributed by atoms with Crippen molar-refractivity contribution in [3.63, 3.8) is 0 Å². The third kappa shape index (κ3) is 7.47. The minimum absolute atomic E-state index is 0.0329. The molecule has 0 spiro atoms. The Kier molecular flexibility index (Phi) is 9.67. The second-order valence-corrected chi connectivity index (χ2v) is 18.7. The third-order valence-corrected chi connectivity index (χ3v) is 12.8. The molecule has 0 unspecified atom stereocenters. The third-order valence-electron chi connectivity index (χ3n) is 11.9. The first-order valence-electron chi connectivity index (χ1n) is 20.0. The van der Waals surface area contributed by atoms with Gasteiger partial charge in [0.1, 0.15) is 35.4 Å². The second-order valence-electron chi connectivity index (χ2n) is 16.5. The van der Waals surface area contributed by atoms with Gasteiger partial charge in [-0.3, -0.25) is 23.9 Å². The molecule has 2 N–H and O–H groups in total. The molecular formula is C43H36ClF6N9O3S. The lowest BCUT2D eigenvalue weighted by molar-refractivity contribution is -0.122. The van der Waals surface area contributed by atoms with E-state index in [1.807, 2.05) is 36.4 Å². The van der Waals surface area contributed by atoms with Gasteiger partial charge in [-0.05, 0) is 78.8 Å². The minimum Gasteiger partial charge on any atom is -0.344 e. The zero-order valence-corrected chi connectivity index (χ0v) is 35.0. The Morgan fingerprint density at radius 1 is 1.02 bits per heavy atom. The van der Waals surface area contributed by atoms with Gasteiger partial charge in [-0.15, -0.1) is 0 Å². The highest BCUT2D eigenvalue weighted by atomic mass is 35.5. The number of amides is 1. The van der Waals surface area contributed by atoms with Crippen molar-refractivity contribution in [3.05, 3.63) is 117 Å². The van der Waals surface area contributed by atoms with E-state index in [2.05, 4.69) is 20.2 Å². The molecular weight excluding hydrogens is 872 g/mol. The number of anilines is 2. The van der Waals surface area contributed by atoms with Crippen molar-refractivity contribution >= 4 is 61.5 Å². The van der Waals surface area contributed by atoms with E-state index < -0.39 is 75.7 Å². The summed E-state index contributed by atoms with van der Waals surface area (Å²) in [6.07, 6.45) is -0.364. The maximum Gasteiger partial charge on any atom is 0.293 e. The van der Waals surface area contributed by atoms with E-state index in [0.717, 1.165) is 42.5 Å². The predicted molar refractivity (Wildman–Crippen MR) is 223 cm³/mol. The molecule has 63 heavy (non-hydrogen) atoms. The molecule has 3 aliphatic carbocycles. The highest BCUT2D eigenvalue weighted by Gasteiger charge is 2.67. The summed E-state index contributed by atoms with van der Waals surface area (Å²) in [7, 11) is -2.26. The quantitative estimate of drug-likeness (QED) is 0.117. The van der Waals surface area contributed by atoms with Gasteiger partial charge in [-0.25, -0.2) is 31.0 Å². The molecule has 2 saturated carbocycles. The van der Waals surface area contributed by atoms with Crippen molar-refractivity contribution in [1.29, 1.82) is 0 Å². The van der Waals surface area contributed by atoms with E-state index in [1.54, 1.807) is 18.0 Å². The maximum atomic E-state index is 15.6. The first-order chi connectivity index (χ1) is 29.9. The number of aliphatic imine (C=N–C) groups is 1. The molecule has 2 fully saturated rings. The first kappa shape index (κ1) is 41.1. The second kappa shape index (κ2) is 14.8. The Morgan fingerprint density at radius 3 is 2.49 bits per heavy atom. The Balaban J connectivity index is 1.11. The SMILES string of the molecule is Cn1nc(NS(C)(=O)=O)c2c(Cl)ccc(N3Cc4ccc(-c5cccc(C6CC6)n5)cc4N=C3[C@H](Cc3cc(F)cc(F)c3)NC(=O)Cn3nc(C(F)F)c4c3C(F)(F)[C@@H]3C[C@H]43)c21. The Bertz CT molecular complexity index is 3020. The lowest BCUT2D eigenvalue weighted by atomic mass is 9.99. The number of nitrogens with one attached hydrogen (secondary N) is 2. The monoisotopic (exact) mass is 907 g/mol. The van der Waals surface area contributed by atoms with Crippen molar-refractivity contribution in [2.45, 2.75) is 69.0 Å². The molecule has 6 aromatic rings. The lowest BCUT2D eigenvalue weighted by Crippen LogP contribution is -2.51. The van der Waals surface area contributed by atoms with Gasteiger partial charge in [0.25, 0.3) is 12.3 Å². The topological polar surface area (TPSA) is 139 Å². The summed E-state index contributed by atoms with van der Waals surface area (Å²) in [5.41, 5.74) is 2.63. The molecule has 3 atom stereocenters. The summed E-state index contributed by atoms with van der Waals surface area (Å²) in [5.74, 6) is -7.74. The molecule has 1 aliphatic heterocycles. The molecule has 3 aromatic carbocycles. The van der Waals surface area contributed by atoms with Crippen molar-refractivity contribution in [3.8, 4) is 11.3 Å². The number of halogens is 7. The van der Waals surface area contributed by atoms with Gasteiger partial charge in [0.05, 0.1) is 51.8 Å². The standard InChI is InChI=1S/C43H36ClF6N9O3S/c1-57-38-33(11-10-28(44)36(38)41(55-57)56-63(2,61)62)58-18-23-9-8-22(30-5-3-4-29(51-30)21-6-7-21)15-31(23)53-42(58)32(14-20-12-24(45)16-25(46)13-20)52-34(60)19-59-39-35(37(54-59)40(47)48)26-17-27(26)43(39,49)50/h3-5,8-13,15-16,21,26-27,32,40H,6-7,14,17-19H2,1-2H3,(H,52,60)(H,55,56)/t26-,27+,32-/m0/s1. The molecule has 4 heterocycles. The van der Waals surface area contributed by atoms with Crippen molar-refractivity contribution < 1.29 is 39.6 Å². The number of hydrogen-bond donors (Lipinski definition) is 2. The smallest absolute Gasteiger partial charge is 0.293 e. The van der Waals surface area contributed by atoms with Gasteiger partial charge in [-0.1, -0.05) is 29.8 Å². The number of hydrogen-bond acceptors (Lipinski definition) is 8. The van der Waals surface area contributed by atoms with Crippen molar-refractivity contribution in [2.24, 2.45) is 18.0 Å². The number of carbonyl (C=O) groups excluding carboxylic acids is 1. The molecule has 3 aromatic heterocycles. The summed E-state index contributed by atoms with van der Waals surface area (Å²) >= 11 is 6.70. The van der Waals surface area contributed by atoms with E-state index in [9.17, 15) is 30.8 Å². The fourth-order valence-corrected chi connectivity index (χ4v) is 9.77. The zero-order valence-electron chi connectivity index (χ0n) is 33.4. The molecule has 326 valence electrons. The molecule has 0 radical (unpaired) electrons. The number of aromatic nitrogens is 5. The van der Waals surface area contributed by atoms with Crippen LogP contribution in [0.25, 0.3) is 22.2 Å². The first-order valence-corrected chi connectivity index (χ1v) is 22.3. The number of sulfonamides is 1. The fourth-order valence-electron chi connectivity index (χ4n) is 9.04. The van der Waals surface area contributed by atoms with Crippen LogP contribution in [0, 0.1) is 17.6 Å². The molecule has 1 amide bonds. The van der Waals surface area contributed by atoms with Crippen LogP contribution >= 0.6 is 11.6 Å². The van der Waals surface area contributed by atoms with Gasteiger partial charge in [0, 0.05) is 48.2 Å². The van der Waals surface area contributed by atoms with Gasteiger partial charge < -0.3 is 10.2 Å². The van der Waals surface area contributed by atoms with Gasteiger partial charge >= 0.3 is 0 Å². The normalized spacial score (nSPS) is 19.1. The highest BCUT2D eigenvalue weighted by molar-refractivity contribution is 7.92. The minimum atomic E-state index is -3.83. The van der Waals surface area contributed by atoms with Crippen molar-refractivity contribution in [2.75, 3.05) is 15.9 Å². The van der Waals surface area contributed by atoms with Gasteiger partial charge in [-0.2, -0.15) is 19.0 Å². The number of nitrogens with zero attached hydrogens (tertiary/aromatic N) is 7. The molecule has 20 heteroatoms. The zero-order chi connectivity index (χ0) is 44.3. The number of amidine groups is 1. The van der Waals surface area contributed by atoms with E-state index in [4.69, 9.17) is 21.6 Å². The Hall–Kier alpha value is -5.95. The van der Waals surface area contributed by atoms with Crippen LogP contribution < -0.4 is 14.9 Å². The Morgan fingerprint density at radius 2 is 1.78 bits per heavy atom. The van der Waals surface area contributed by atoms with Crippen LogP contribution in [0.3, 0.4) is 0 Å². The summed E-state index contributed by atoms with van der Waals surface area (Å²) in [6.45, 7) is -0.813. The largest absolute Gasteiger partial charge is 0.344 e. The number of rotatable bonds is 12. The molecule has 4 aliphatic rings. The highest BCUT2D eigenvalue weighted by Crippen LogP contribution is 2.68. The van der Waals surface area contributed by atoms with Crippen molar-refractivity contribution in [1.82, 2.24) is 29.9 Å². The summed E-state index contributed by atoms with van der Waals surface area (Å²) in [4.78, 5) is 25.9. The van der Waals surface area contributed by atoms with Crippen LogP contribution in [0.2, 0.25) is 5.02 Å². The summed E-state index contributed by atoms with van der Waals surface area (Å²) in [6, 6.07) is 16.1. The van der Waals surface area contributed by atoms with Gasteiger partial charge in [0.2, 0.25) is 15.9 Å². The molecule has 0 bridgehead atoms. The maximum absolute atomic E-state index is 15.6. The van der Waals surface area contributed by atoms with Crippen LogP contribution in [0.4, 0.5) is 43.5 Å². The number of aryl methyl sites for hydroxylation is 1. The van der Waals surface area contributed by atoms with Crippen LogP contribution in [-0.4, -0.2) is 57.0 Å². The number of alkyl halides is 4. The van der Waals surface area contributed by atoms with Crippen LogP contribution in [0.15, 0.2) is 71.7 Å². The summed E-state index contributed by atoms with van der Waals surface area (Å²) in [5, 5.41) is 11.4. The fraction of sp³-hybridized carbons (Fsp3) is 0.326. The van der Waals surface area contributed by atoms with E-state index in [1.165, 1.54) is 10.7 Å². The Labute approximate surface area is 361 Å². The van der Waals surface area contributed by atoms with E-state index in [0.29, 0.717) is 44.8 Å². The van der Waals surface area contributed by atoms with Crippen LogP contribution in [-0.2, 0) is 47.3 Å². The van der Waals surface area contributed by atoms with E-state index in [-0.39, 0.29) is 52.6 Å². The molecule has 12 nitrogen and oxygen atoms in total. The number of fused-ring (bicyclic) bond motifs is 5.